The molecule has 0 saturated carbocycles. The molecule has 0 atom stereocenters. The first-order valence-electron chi connectivity index (χ1n) is 10.7. The van der Waals surface area contributed by atoms with Gasteiger partial charge in [0.15, 0.2) is 12.4 Å². The number of benzene rings is 2. The second-order valence-electron chi connectivity index (χ2n) is 8.08. The van der Waals surface area contributed by atoms with E-state index in [-0.39, 0.29) is 12.5 Å². The lowest BCUT2D eigenvalue weighted by Crippen LogP contribution is -2.15. The smallest absolute Gasteiger partial charge is 0.339 e. The van der Waals surface area contributed by atoms with Crippen LogP contribution in [0.1, 0.15) is 57.3 Å². The SMILES string of the molecule is Cc1ccc(/C=C2\CCCc3c2nc2ccccc2c3C(=O)OCc2nc(C)no2)cc1. The third kappa shape index (κ3) is 3.91. The van der Waals surface area contributed by atoms with Crippen molar-refractivity contribution in [2.45, 2.75) is 39.7 Å². The Kier molecular flexibility index (Phi) is 5.27. The Labute approximate surface area is 185 Å². The van der Waals surface area contributed by atoms with Gasteiger partial charge in [0.1, 0.15) is 0 Å². The highest BCUT2D eigenvalue weighted by atomic mass is 16.6. The molecule has 5 rings (SSSR count). The summed E-state index contributed by atoms with van der Waals surface area (Å²) in [6.45, 7) is 3.74. The number of ether oxygens (including phenoxy) is 1. The predicted octanol–water partition coefficient (Wildman–Crippen LogP) is 5.47. The topological polar surface area (TPSA) is 78.1 Å². The molecule has 2 aromatic carbocycles. The zero-order valence-electron chi connectivity index (χ0n) is 18.1. The van der Waals surface area contributed by atoms with Gasteiger partial charge in [-0.2, -0.15) is 4.98 Å². The Morgan fingerprint density at radius 2 is 1.88 bits per heavy atom. The monoisotopic (exact) mass is 425 g/mol. The normalized spacial score (nSPS) is 14.5. The highest BCUT2D eigenvalue weighted by molar-refractivity contribution is 6.06. The van der Waals surface area contributed by atoms with E-state index in [1.54, 1.807) is 6.92 Å². The van der Waals surface area contributed by atoms with Crippen LogP contribution in [0.15, 0.2) is 53.1 Å². The predicted molar refractivity (Wildman–Crippen MR) is 122 cm³/mol. The van der Waals surface area contributed by atoms with Crippen molar-refractivity contribution >= 4 is 28.5 Å². The van der Waals surface area contributed by atoms with Gasteiger partial charge in [-0.25, -0.2) is 9.78 Å². The highest BCUT2D eigenvalue weighted by Crippen LogP contribution is 2.36. The van der Waals surface area contributed by atoms with E-state index in [0.717, 1.165) is 52.6 Å². The zero-order valence-corrected chi connectivity index (χ0v) is 18.1. The average molecular weight is 425 g/mol. The first kappa shape index (κ1) is 20.1. The van der Waals surface area contributed by atoms with Gasteiger partial charge in [-0.3, -0.25) is 0 Å². The number of carbonyl (C=O) groups excluding carboxylic acids is 1. The molecule has 1 aliphatic carbocycles. The van der Waals surface area contributed by atoms with Gasteiger partial charge in [0.05, 0.1) is 16.8 Å². The van der Waals surface area contributed by atoms with Crippen molar-refractivity contribution < 1.29 is 14.1 Å². The molecule has 160 valence electrons. The molecule has 32 heavy (non-hydrogen) atoms. The van der Waals surface area contributed by atoms with Crippen LogP contribution < -0.4 is 0 Å². The van der Waals surface area contributed by atoms with E-state index in [1.165, 1.54) is 5.56 Å². The summed E-state index contributed by atoms with van der Waals surface area (Å²) >= 11 is 0. The minimum Gasteiger partial charge on any atom is -0.452 e. The summed E-state index contributed by atoms with van der Waals surface area (Å²) in [5.74, 6) is 0.393. The Balaban J connectivity index is 1.58. The summed E-state index contributed by atoms with van der Waals surface area (Å²) in [4.78, 5) is 22.3. The molecule has 0 amide bonds. The largest absolute Gasteiger partial charge is 0.452 e. The number of nitrogens with zero attached hydrogens (tertiary/aromatic N) is 3. The molecule has 0 saturated heterocycles. The molecule has 1 aliphatic rings. The number of rotatable bonds is 4. The molecule has 0 unspecified atom stereocenters. The van der Waals surface area contributed by atoms with Crippen LogP contribution in [0.2, 0.25) is 0 Å². The molecule has 0 bridgehead atoms. The van der Waals surface area contributed by atoms with Gasteiger partial charge in [0.25, 0.3) is 5.89 Å². The summed E-state index contributed by atoms with van der Waals surface area (Å²) in [5, 5.41) is 4.55. The Hall–Kier alpha value is -3.80. The second-order valence-corrected chi connectivity index (χ2v) is 8.08. The number of allylic oxidation sites excluding steroid dienone is 1. The summed E-state index contributed by atoms with van der Waals surface area (Å²) in [6.07, 6.45) is 4.83. The minimum absolute atomic E-state index is 0.0584. The van der Waals surface area contributed by atoms with E-state index in [0.29, 0.717) is 11.4 Å². The fraction of sp³-hybridized carbons (Fsp3) is 0.231. The van der Waals surface area contributed by atoms with Crippen LogP contribution in [0.5, 0.6) is 0 Å². The van der Waals surface area contributed by atoms with Crippen molar-refractivity contribution in [3.05, 3.63) is 88.2 Å². The van der Waals surface area contributed by atoms with E-state index in [2.05, 4.69) is 47.4 Å². The van der Waals surface area contributed by atoms with E-state index in [1.807, 2.05) is 24.3 Å². The van der Waals surface area contributed by atoms with Crippen LogP contribution in [0, 0.1) is 13.8 Å². The average Bonchev–Trinajstić information content (AvgIpc) is 3.23. The third-order valence-electron chi connectivity index (χ3n) is 5.69. The van der Waals surface area contributed by atoms with Gasteiger partial charge in [0, 0.05) is 5.39 Å². The van der Waals surface area contributed by atoms with E-state index in [9.17, 15) is 4.79 Å². The number of para-hydroxylation sites is 1. The van der Waals surface area contributed by atoms with E-state index >= 15 is 0 Å². The fourth-order valence-corrected chi connectivity index (χ4v) is 4.17. The molecule has 2 heterocycles. The van der Waals surface area contributed by atoms with Crippen LogP contribution in [-0.4, -0.2) is 21.1 Å². The zero-order chi connectivity index (χ0) is 22.1. The summed E-state index contributed by atoms with van der Waals surface area (Å²) in [6, 6.07) is 16.1. The maximum absolute atomic E-state index is 13.3. The highest BCUT2D eigenvalue weighted by Gasteiger charge is 2.26. The molecule has 0 radical (unpaired) electrons. The molecule has 6 nitrogen and oxygen atoms in total. The number of carbonyl (C=O) groups is 1. The molecule has 6 heteroatoms. The summed E-state index contributed by atoms with van der Waals surface area (Å²) in [7, 11) is 0. The maximum atomic E-state index is 13.3. The Morgan fingerprint density at radius 3 is 2.66 bits per heavy atom. The van der Waals surface area contributed by atoms with Crippen LogP contribution in [0.4, 0.5) is 0 Å². The van der Waals surface area contributed by atoms with Crippen LogP contribution in [-0.2, 0) is 17.8 Å². The molecular formula is C26H23N3O3. The lowest BCUT2D eigenvalue weighted by atomic mass is 9.86. The number of hydrogen-bond acceptors (Lipinski definition) is 6. The summed E-state index contributed by atoms with van der Waals surface area (Å²) < 4.78 is 10.7. The molecule has 0 spiro atoms. The molecule has 0 N–H and O–H groups in total. The van der Waals surface area contributed by atoms with Gasteiger partial charge in [-0.1, -0.05) is 53.2 Å². The molecule has 0 fully saturated rings. The number of hydrogen-bond donors (Lipinski definition) is 0. The second kappa shape index (κ2) is 8.38. The van der Waals surface area contributed by atoms with Crippen molar-refractivity contribution in [3.8, 4) is 0 Å². The van der Waals surface area contributed by atoms with Crippen LogP contribution in [0.3, 0.4) is 0 Å². The third-order valence-corrected chi connectivity index (χ3v) is 5.69. The first-order chi connectivity index (χ1) is 15.6. The standard InChI is InChI=1S/C26H23N3O3/c1-16-10-12-18(13-11-16)14-19-6-5-8-21-24(20-7-3-4-9-22(20)28-25(19)21)26(30)31-15-23-27-17(2)29-32-23/h3-4,7,9-14H,5-6,8,15H2,1-2H3/b19-14+. The molecule has 4 aromatic rings. The van der Waals surface area contributed by atoms with Crippen molar-refractivity contribution in [2.75, 3.05) is 0 Å². The van der Waals surface area contributed by atoms with Gasteiger partial charge < -0.3 is 9.26 Å². The Bertz CT molecular complexity index is 1340. The summed E-state index contributed by atoms with van der Waals surface area (Å²) in [5.41, 5.74) is 6.68. The van der Waals surface area contributed by atoms with Crippen molar-refractivity contribution in [1.82, 2.24) is 15.1 Å². The van der Waals surface area contributed by atoms with Crippen molar-refractivity contribution in [1.29, 1.82) is 0 Å². The van der Waals surface area contributed by atoms with Gasteiger partial charge in [-0.05, 0) is 62.0 Å². The number of pyridine rings is 1. The molecular weight excluding hydrogens is 402 g/mol. The van der Waals surface area contributed by atoms with Crippen molar-refractivity contribution in [2.24, 2.45) is 0 Å². The number of fused-ring (bicyclic) bond motifs is 2. The quantitative estimate of drug-likeness (QED) is 0.404. The molecule has 0 aliphatic heterocycles. The van der Waals surface area contributed by atoms with Gasteiger partial charge in [-0.15, -0.1) is 0 Å². The van der Waals surface area contributed by atoms with E-state index < -0.39 is 5.97 Å². The van der Waals surface area contributed by atoms with Crippen LogP contribution in [0.25, 0.3) is 22.6 Å². The lowest BCUT2D eigenvalue weighted by Gasteiger charge is -2.22. The maximum Gasteiger partial charge on any atom is 0.339 e. The fourth-order valence-electron chi connectivity index (χ4n) is 4.17. The first-order valence-corrected chi connectivity index (χ1v) is 10.7. The minimum atomic E-state index is -0.396. The lowest BCUT2D eigenvalue weighted by molar-refractivity contribution is 0.0430. The number of aromatic nitrogens is 3. The molecule has 2 aromatic heterocycles. The van der Waals surface area contributed by atoms with E-state index in [4.69, 9.17) is 14.2 Å². The number of aryl methyl sites for hydroxylation is 2. The van der Waals surface area contributed by atoms with Crippen molar-refractivity contribution in [3.63, 3.8) is 0 Å². The van der Waals surface area contributed by atoms with Gasteiger partial charge >= 0.3 is 5.97 Å². The van der Waals surface area contributed by atoms with Crippen LogP contribution >= 0.6 is 0 Å². The Morgan fingerprint density at radius 1 is 1.06 bits per heavy atom. The number of esters is 1. The van der Waals surface area contributed by atoms with Gasteiger partial charge in [0.2, 0.25) is 0 Å².